The van der Waals surface area contributed by atoms with Crippen LogP contribution in [-0.2, 0) is 30.2 Å². The van der Waals surface area contributed by atoms with E-state index in [1.807, 2.05) is 66.7 Å². The number of carbonyl (C=O) groups excluding carboxylic acids is 2. The molecule has 15 nitrogen and oxygen atoms in total. The number of nitrogens with two attached hydrogens (primary N) is 1. The van der Waals surface area contributed by atoms with E-state index in [2.05, 4.69) is 17.5 Å². The summed E-state index contributed by atoms with van der Waals surface area (Å²) in [5.41, 5.74) is 6.71. The van der Waals surface area contributed by atoms with Gasteiger partial charge in [0.2, 0.25) is 6.29 Å². The number of Topliss-reactive ketones (excluding diaryl/α,β-unsaturated/α-hetero) is 1. The topological polar surface area (TPSA) is 232 Å². The van der Waals surface area contributed by atoms with Crippen molar-refractivity contribution in [2.24, 2.45) is 23.5 Å². The van der Waals surface area contributed by atoms with Gasteiger partial charge in [0.25, 0.3) is 0 Å². The summed E-state index contributed by atoms with van der Waals surface area (Å²) in [6, 6.07) is 2.29. The van der Waals surface area contributed by atoms with Crippen LogP contribution in [-0.4, -0.2) is 99.0 Å². The van der Waals surface area contributed by atoms with Crippen LogP contribution in [0, 0.1) is 29.1 Å². The lowest BCUT2D eigenvalue weighted by Crippen LogP contribution is -2.75. The van der Waals surface area contributed by atoms with Crippen LogP contribution in [0.25, 0.3) is 11.8 Å². The van der Waals surface area contributed by atoms with Gasteiger partial charge in [0.05, 0.1) is 47.8 Å². The van der Waals surface area contributed by atoms with E-state index in [0.717, 1.165) is 11.1 Å². The van der Waals surface area contributed by atoms with Crippen LogP contribution >= 0.6 is 0 Å². The van der Waals surface area contributed by atoms with Gasteiger partial charge in [-0.2, -0.15) is 5.26 Å². The third kappa shape index (κ3) is 6.58. The largest absolute Gasteiger partial charge is 0.482 e. The Morgan fingerprint density at radius 2 is 1.75 bits per heavy atom. The minimum absolute atomic E-state index is 0.0357. The van der Waals surface area contributed by atoms with Crippen molar-refractivity contribution in [3.05, 3.63) is 74.7 Å². The van der Waals surface area contributed by atoms with E-state index in [0.29, 0.717) is 59.4 Å². The number of nitrogens with one attached hydrogen (secondary N) is 1. The van der Waals surface area contributed by atoms with Crippen molar-refractivity contribution in [2.75, 3.05) is 13.7 Å². The first-order valence-corrected chi connectivity index (χ1v) is 21.7. The second-order valence-corrected chi connectivity index (χ2v) is 19.2. The van der Waals surface area contributed by atoms with E-state index in [4.69, 9.17) is 34.2 Å². The van der Waals surface area contributed by atoms with Crippen LogP contribution in [0.4, 0.5) is 0 Å². The zero-order valence-corrected chi connectivity index (χ0v) is 37.3. The fourth-order valence-corrected chi connectivity index (χ4v) is 11.1. The standard InChI is InChI=1S/C48H59N3O12/c1-22(2)11-10-16-46(8)17-15-26-38(61-46)25(13-12-23(3)4)40-32(39(26)60-44-37(55)36(54)35(53)29(21-52)59-44)34-33-31(28(20-49)42(50)51-34)27-19-30-45(6,7)63-47(41(27)56,48(30,33)62-40)18-14-24(5)43(57)58-9/h11-12,14-15,17,27,29-31,35-37,44,51-55H,10,13,16,18-19,21,50H2,1-9H3/b24-14-/t27?,29-,30?,31?,35-,36+,37-,44+,46?,47?,48?/m0/s1. The van der Waals surface area contributed by atoms with Gasteiger partial charge in [-0.1, -0.05) is 29.4 Å². The zero-order valence-electron chi connectivity index (χ0n) is 37.3. The van der Waals surface area contributed by atoms with Crippen molar-refractivity contribution in [2.45, 2.75) is 141 Å². The zero-order chi connectivity index (χ0) is 45.7. The summed E-state index contributed by atoms with van der Waals surface area (Å²) >= 11 is 0. The lowest BCUT2D eigenvalue weighted by Gasteiger charge is -2.62. The number of carbonyl (C=O) groups is 2. The number of fused-ring (bicyclic) bond motifs is 3. The fourth-order valence-electron chi connectivity index (χ4n) is 11.1. The van der Waals surface area contributed by atoms with Crippen LogP contribution in [0.1, 0.15) is 97.8 Å². The quantitative estimate of drug-likeness (QED) is 0.103. The third-order valence-electron chi connectivity index (χ3n) is 14.1. The molecule has 3 aliphatic carbocycles. The van der Waals surface area contributed by atoms with Crippen LogP contribution in [0.3, 0.4) is 0 Å². The number of hydrogen-bond donors (Lipinski definition) is 6. The van der Waals surface area contributed by atoms with E-state index >= 15 is 4.79 Å². The maximum Gasteiger partial charge on any atom is 0.333 e. The summed E-state index contributed by atoms with van der Waals surface area (Å²) in [4.78, 5) is 28.2. The van der Waals surface area contributed by atoms with Crippen LogP contribution < -0.4 is 25.3 Å². The number of esters is 1. The van der Waals surface area contributed by atoms with Gasteiger partial charge in [-0.05, 0) is 93.2 Å². The number of nitriles is 1. The Hall–Kier alpha value is -4.95. The van der Waals surface area contributed by atoms with E-state index in [-0.39, 0.29) is 40.7 Å². The molecular weight excluding hydrogens is 811 g/mol. The average Bonchev–Trinajstić information content (AvgIpc) is 3.37. The maximum absolute atomic E-state index is 15.4. The van der Waals surface area contributed by atoms with E-state index in [9.17, 15) is 30.5 Å². The van der Waals surface area contributed by atoms with Gasteiger partial charge in [-0.3, -0.25) is 4.79 Å². The molecule has 8 aliphatic rings. The Morgan fingerprint density at radius 3 is 2.40 bits per heavy atom. The number of hydrogen-bond acceptors (Lipinski definition) is 15. The van der Waals surface area contributed by atoms with Crippen LogP contribution in [0.2, 0.25) is 0 Å². The Labute approximate surface area is 367 Å². The van der Waals surface area contributed by atoms with Crippen molar-refractivity contribution in [3.8, 4) is 23.3 Å². The Bertz CT molecular complexity index is 2380. The van der Waals surface area contributed by atoms with Crippen molar-refractivity contribution >= 4 is 23.5 Å². The summed E-state index contributed by atoms with van der Waals surface area (Å²) < 4.78 is 39.6. The van der Waals surface area contributed by atoms with E-state index in [1.54, 1.807) is 13.0 Å². The minimum Gasteiger partial charge on any atom is -0.482 e. The lowest BCUT2D eigenvalue weighted by atomic mass is 9.45. The highest BCUT2D eigenvalue weighted by atomic mass is 16.7. The maximum atomic E-state index is 15.4. The summed E-state index contributed by atoms with van der Waals surface area (Å²) in [5, 5.41) is 57.4. The molecule has 63 heavy (non-hydrogen) atoms. The van der Waals surface area contributed by atoms with Crippen LogP contribution in [0.5, 0.6) is 17.2 Å². The minimum atomic E-state index is -1.78. The summed E-state index contributed by atoms with van der Waals surface area (Å²) in [7, 11) is 1.29. The number of ketones is 1. The Balaban J connectivity index is 1.46. The Morgan fingerprint density at radius 1 is 1.03 bits per heavy atom. The number of nitrogens with zero attached hydrogens (tertiary/aromatic N) is 1. The number of aliphatic hydroxyl groups is 4. The highest BCUT2D eigenvalue weighted by Gasteiger charge is 2.84. The molecule has 1 spiro atoms. The summed E-state index contributed by atoms with van der Waals surface area (Å²) in [6.07, 6.45) is 3.44. The van der Waals surface area contributed by atoms with Gasteiger partial charge >= 0.3 is 5.97 Å². The molecule has 1 aromatic carbocycles. The van der Waals surface area contributed by atoms with Gasteiger partial charge in [-0.15, -0.1) is 0 Å². The molecule has 0 amide bonds. The number of rotatable bonds is 11. The average molecular weight is 870 g/mol. The fraction of sp³-hybridized carbons (Fsp3) is 0.562. The molecule has 338 valence electrons. The molecule has 7 N–H and O–H groups in total. The number of dihydropyridines is 1. The molecule has 15 heteroatoms. The highest BCUT2D eigenvalue weighted by Crippen LogP contribution is 2.73. The second kappa shape index (κ2) is 15.6. The molecule has 3 saturated carbocycles. The molecular formula is C48H59N3O12. The van der Waals surface area contributed by atoms with Gasteiger partial charge < -0.3 is 59.9 Å². The third-order valence-corrected chi connectivity index (χ3v) is 14.1. The first kappa shape index (κ1) is 44.6. The van der Waals surface area contributed by atoms with Gasteiger partial charge in [-0.25, -0.2) is 4.79 Å². The molecule has 9 rings (SSSR count). The number of benzene rings is 1. The van der Waals surface area contributed by atoms with Crippen molar-refractivity contribution in [1.82, 2.24) is 5.32 Å². The monoisotopic (exact) mass is 869 g/mol. The summed E-state index contributed by atoms with van der Waals surface area (Å²) in [5.74, 6) is -2.10. The molecule has 11 atom stereocenters. The number of ether oxygens (including phenoxy) is 6. The first-order chi connectivity index (χ1) is 29.7. The SMILES string of the molecule is COC(=O)/C(C)=C\CC12OC(C)(C)C3CC(C1=O)C1C(C#N)=C(N)NC4=C1C32Oc1c(CC=C(C)C)c2c(c(O[C@H]3O[C@@H](CO)[C@H](O)[C@@H](O)[C@@H]3O)c14)C=CC(C)(CCC=C(C)C)O2. The summed E-state index contributed by atoms with van der Waals surface area (Å²) in [6.45, 7) is 14.8. The van der Waals surface area contributed by atoms with Crippen LogP contribution in [0.15, 0.2) is 58.0 Å². The van der Waals surface area contributed by atoms with E-state index in [1.165, 1.54) is 7.11 Å². The highest BCUT2D eigenvalue weighted by molar-refractivity contribution is 6.02. The first-order valence-electron chi connectivity index (χ1n) is 21.7. The van der Waals surface area contributed by atoms with Crippen molar-refractivity contribution < 1.29 is 58.4 Å². The lowest BCUT2D eigenvalue weighted by molar-refractivity contribution is -0.277. The molecule has 1 aromatic rings. The molecule has 0 aromatic heterocycles. The molecule has 0 radical (unpaired) electrons. The van der Waals surface area contributed by atoms with Gasteiger partial charge in [0.1, 0.15) is 53.1 Å². The molecule has 5 fully saturated rings. The number of aliphatic hydroxyl groups excluding tert-OH is 4. The molecule has 4 bridgehead atoms. The predicted octanol–water partition coefficient (Wildman–Crippen LogP) is 4.32. The molecule has 2 saturated heterocycles. The van der Waals surface area contributed by atoms with Gasteiger partial charge in [0, 0.05) is 40.9 Å². The molecule has 5 heterocycles. The van der Waals surface area contributed by atoms with Crippen molar-refractivity contribution in [3.63, 3.8) is 0 Å². The number of allylic oxidation sites excluding steroid dienone is 5. The molecule has 5 aliphatic heterocycles. The number of methoxy groups -OCH3 is 1. The normalized spacial score (nSPS) is 35.3. The smallest absolute Gasteiger partial charge is 0.333 e. The van der Waals surface area contributed by atoms with Gasteiger partial charge in [0.15, 0.2) is 17.0 Å². The Kier molecular flexibility index (Phi) is 11.1. The predicted molar refractivity (Wildman–Crippen MR) is 229 cm³/mol. The molecule has 6 unspecified atom stereocenters. The van der Waals surface area contributed by atoms with E-state index < -0.39 is 83.4 Å². The second-order valence-electron chi connectivity index (χ2n) is 19.2. The van der Waals surface area contributed by atoms with Crippen molar-refractivity contribution in [1.29, 1.82) is 5.26 Å².